The lowest BCUT2D eigenvalue weighted by atomic mass is 9.81. The fraction of sp³-hybridized carbons (Fsp3) is 0.667. The normalized spacial score (nSPS) is 19.8. The summed E-state index contributed by atoms with van der Waals surface area (Å²) in [6, 6.07) is 6.73. The summed E-state index contributed by atoms with van der Waals surface area (Å²) in [5, 5.41) is 0. The number of hydrogen-bond donors (Lipinski definition) is 1. The summed E-state index contributed by atoms with van der Waals surface area (Å²) in [6.07, 6.45) is 7.72. The van der Waals surface area contributed by atoms with Crippen LogP contribution in [-0.4, -0.2) is 19.3 Å². The monoisotopic (exact) mass is 275 g/mol. The van der Waals surface area contributed by atoms with E-state index >= 15 is 0 Å². The maximum Gasteiger partial charge on any atom is 0.0753 e. The summed E-state index contributed by atoms with van der Waals surface area (Å²) in [5.41, 5.74) is 10.5. The Kier molecular flexibility index (Phi) is 5.62. The van der Waals surface area contributed by atoms with Gasteiger partial charge in [0.2, 0.25) is 0 Å². The van der Waals surface area contributed by atoms with Gasteiger partial charge in [-0.3, -0.25) is 0 Å². The molecule has 1 aliphatic rings. The molecule has 2 atom stereocenters. The van der Waals surface area contributed by atoms with Gasteiger partial charge in [0.05, 0.1) is 6.10 Å². The van der Waals surface area contributed by atoms with Gasteiger partial charge in [-0.25, -0.2) is 0 Å². The number of benzene rings is 1. The number of rotatable bonds is 5. The molecule has 1 aromatic carbocycles. The van der Waals surface area contributed by atoms with Gasteiger partial charge in [0, 0.05) is 13.2 Å². The molecule has 2 unspecified atom stereocenters. The van der Waals surface area contributed by atoms with Crippen LogP contribution >= 0.6 is 0 Å². The first-order chi connectivity index (χ1) is 9.61. The molecule has 0 saturated heterocycles. The van der Waals surface area contributed by atoms with Gasteiger partial charge in [-0.2, -0.15) is 0 Å². The lowest BCUT2D eigenvalue weighted by Crippen LogP contribution is -2.43. The summed E-state index contributed by atoms with van der Waals surface area (Å²) >= 11 is 0. The molecule has 1 aromatic rings. The Bertz CT molecular complexity index is 423. The smallest absolute Gasteiger partial charge is 0.0753 e. The molecule has 1 fully saturated rings. The van der Waals surface area contributed by atoms with E-state index in [1.54, 1.807) is 0 Å². The van der Waals surface area contributed by atoms with Crippen LogP contribution in [0.5, 0.6) is 0 Å². The van der Waals surface area contributed by atoms with Gasteiger partial charge in [0.15, 0.2) is 0 Å². The maximum absolute atomic E-state index is 6.49. The molecule has 112 valence electrons. The summed E-state index contributed by atoms with van der Waals surface area (Å²) < 4.78 is 5.77. The van der Waals surface area contributed by atoms with Gasteiger partial charge in [0.25, 0.3) is 0 Å². The molecule has 2 nitrogen and oxygen atoms in total. The summed E-state index contributed by atoms with van der Waals surface area (Å²) in [4.78, 5) is 0. The van der Waals surface area contributed by atoms with Gasteiger partial charge < -0.3 is 10.5 Å². The van der Waals surface area contributed by atoms with E-state index in [0.29, 0.717) is 5.92 Å². The van der Waals surface area contributed by atoms with Crippen molar-refractivity contribution in [1.82, 2.24) is 0 Å². The van der Waals surface area contributed by atoms with Crippen molar-refractivity contribution < 1.29 is 4.74 Å². The molecule has 0 aliphatic heterocycles. The van der Waals surface area contributed by atoms with Crippen molar-refractivity contribution in [1.29, 1.82) is 0 Å². The van der Waals surface area contributed by atoms with E-state index in [1.165, 1.54) is 48.8 Å². The van der Waals surface area contributed by atoms with E-state index in [-0.39, 0.29) is 12.1 Å². The standard InChI is InChI=1S/C18H29NO/c1-13-9-10-14(2)16(11-13)12-17(19)18(20-3)15-7-5-4-6-8-15/h9-11,15,17-18H,4-8,12,19H2,1-3H3. The van der Waals surface area contributed by atoms with Crippen molar-refractivity contribution in [3.63, 3.8) is 0 Å². The Morgan fingerprint density at radius 2 is 1.90 bits per heavy atom. The van der Waals surface area contributed by atoms with Crippen LogP contribution in [0.3, 0.4) is 0 Å². The van der Waals surface area contributed by atoms with Crippen LogP contribution in [0.1, 0.15) is 48.8 Å². The van der Waals surface area contributed by atoms with E-state index in [4.69, 9.17) is 10.5 Å². The average molecular weight is 275 g/mol. The van der Waals surface area contributed by atoms with Crippen LogP contribution in [-0.2, 0) is 11.2 Å². The number of aryl methyl sites for hydroxylation is 2. The van der Waals surface area contributed by atoms with Crippen molar-refractivity contribution in [2.75, 3.05) is 7.11 Å². The van der Waals surface area contributed by atoms with E-state index in [9.17, 15) is 0 Å². The van der Waals surface area contributed by atoms with Crippen LogP contribution in [0.2, 0.25) is 0 Å². The number of nitrogens with two attached hydrogens (primary N) is 1. The number of hydrogen-bond acceptors (Lipinski definition) is 2. The highest BCUT2D eigenvalue weighted by Crippen LogP contribution is 2.29. The zero-order valence-electron chi connectivity index (χ0n) is 13.2. The maximum atomic E-state index is 6.49. The Balaban J connectivity index is 2.04. The Morgan fingerprint density at radius 1 is 1.20 bits per heavy atom. The quantitative estimate of drug-likeness (QED) is 0.888. The van der Waals surface area contributed by atoms with Crippen LogP contribution in [0.4, 0.5) is 0 Å². The minimum absolute atomic E-state index is 0.101. The highest BCUT2D eigenvalue weighted by molar-refractivity contribution is 5.31. The van der Waals surface area contributed by atoms with E-state index in [1.807, 2.05) is 7.11 Å². The SMILES string of the molecule is COC(C(N)Cc1cc(C)ccc1C)C1CCCCC1. The van der Waals surface area contributed by atoms with Gasteiger partial charge in [0.1, 0.15) is 0 Å². The van der Waals surface area contributed by atoms with Crippen LogP contribution < -0.4 is 5.73 Å². The van der Waals surface area contributed by atoms with Crippen LogP contribution in [0.15, 0.2) is 18.2 Å². The number of ether oxygens (including phenoxy) is 1. The minimum atomic E-state index is 0.101. The predicted octanol–water partition coefficient (Wildman–Crippen LogP) is 3.77. The second-order valence-corrected chi connectivity index (χ2v) is 6.40. The first-order valence-corrected chi connectivity index (χ1v) is 7.96. The largest absolute Gasteiger partial charge is 0.380 e. The summed E-state index contributed by atoms with van der Waals surface area (Å²) in [7, 11) is 1.82. The van der Waals surface area contributed by atoms with Crippen molar-refractivity contribution in [2.45, 2.75) is 64.5 Å². The zero-order valence-corrected chi connectivity index (χ0v) is 13.2. The Labute approximate surface area is 123 Å². The first kappa shape index (κ1) is 15.5. The fourth-order valence-corrected chi connectivity index (χ4v) is 3.57. The lowest BCUT2D eigenvalue weighted by molar-refractivity contribution is 0.0178. The number of methoxy groups -OCH3 is 1. The van der Waals surface area contributed by atoms with Crippen molar-refractivity contribution in [3.8, 4) is 0 Å². The molecule has 0 heterocycles. The third kappa shape index (κ3) is 3.83. The topological polar surface area (TPSA) is 35.2 Å². The van der Waals surface area contributed by atoms with E-state index in [2.05, 4.69) is 32.0 Å². The third-order valence-corrected chi connectivity index (χ3v) is 4.77. The molecule has 1 saturated carbocycles. The van der Waals surface area contributed by atoms with Crippen LogP contribution in [0.25, 0.3) is 0 Å². The molecule has 0 bridgehead atoms. The second-order valence-electron chi connectivity index (χ2n) is 6.40. The Morgan fingerprint density at radius 3 is 2.55 bits per heavy atom. The first-order valence-electron chi connectivity index (χ1n) is 7.96. The molecule has 20 heavy (non-hydrogen) atoms. The van der Waals surface area contributed by atoms with Gasteiger partial charge in [-0.1, -0.05) is 43.0 Å². The molecular formula is C18H29NO. The van der Waals surface area contributed by atoms with Crippen molar-refractivity contribution >= 4 is 0 Å². The Hall–Kier alpha value is -0.860. The predicted molar refractivity (Wildman–Crippen MR) is 85.0 cm³/mol. The summed E-state index contributed by atoms with van der Waals surface area (Å²) in [6.45, 7) is 4.31. The molecule has 2 N–H and O–H groups in total. The van der Waals surface area contributed by atoms with Crippen molar-refractivity contribution in [3.05, 3.63) is 34.9 Å². The fourth-order valence-electron chi connectivity index (χ4n) is 3.57. The molecular weight excluding hydrogens is 246 g/mol. The highest BCUT2D eigenvalue weighted by atomic mass is 16.5. The molecule has 2 rings (SSSR count). The molecule has 0 spiro atoms. The average Bonchev–Trinajstić information content (AvgIpc) is 2.45. The molecule has 1 aliphatic carbocycles. The molecule has 0 amide bonds. The summed E-state index contributed by atoms with van der Waals surface area (Å²) in [5.74, 6) is 0.647. The van der Waals surface area contributed by atoms with Crippen LogP contribution in [0, 0.1) is 19.8 Å². The second kappa shape index (κ2) is 7.24. The third-order valence-electron chi connectivity index (χ3n) is 4.77. The highest BCUT2D eigenvalue weighted by Gasteiger charge is 2.28. The minimum Gasteiger partial charge on any atom is -0.380 e. The van der Waals surface area contributed by atoms with Gasteiger partial charge in [-0.05, 0) is 50.2 Å². The molecule has 2 heteroatoms. The molecule has 0 aromatic heterocycles. The lowest BCUT2D eigenvalue weighted by Gasteiger charge is -2.33. The van der Waals surface area contributed by atoms with Gasteiger partial charge >= 0.3 is 0 Å². The van der Waals surface area contributed by atoms with Crippen molar-refractivity contribution in [2.24, 2.45) is 11.7 Å². The van der Waals surface area contributed by atoms with Gasteiger partial charge in [-0.15, -0.1) is 0 Å². The van der Waals surface area contributed by atoms with E-state index < -0.39 is 0 Å². The van der Waals surface area contributed by atoms with E-state index in [0.717, 1.165) is 6.42 Å². The molecule has 0 radical (unpaired) electrons. The zero-order chi connectivity index (χ0) is 14.5.